The summed E-state index contributed by atoms with van der Waals surface area (Å²) in [5, 5.41) is 1.41. The molecule has 0 aliphatic carbocycles. The highest BCUT2D eigenvalue weighted by atomic mass is 35.5. The summed E-state index contributed by atoms with van der Waals surface area (Å²) in [4.78, 5) is 30.0. The number of aromatic nitrogens is 2. The van der Waals surface area contributed by atoms with Crippen LogP contribution in [0.25, 0.3) is 0 Å². The Hall–Kier alpha value is -1.90. The average Bonchev–Trinajstić information content (AvgIpc) is 2.25. The van der Waals surface area contributed by atoms with E-state index in [1.165, 1.54) is 0 Å². The number of nitrogens with zero attached hydrogens (tertiary/aromatic N) is 3. The molecule has 2 heterocycles. The van der Waals surface area contributed by atoms with Crippen molar-refractivity contribution in [2.45, 2.75) is 6.18 Å². The summed E-state index contributed by atoms with van der Waals surface area (Å²) in [5.41, 5.74) is -1.24. The van der Waals surface area contributed by atoms with Crippen LogP contribution in [0, 0.1) is 0 Å². The van der Waals surface area contributed by atoms with Crippen molar-refractivity contribution >= 4 is 29.2 Å². The molecule has 0 atom stereocenters. The summed E-state index contributed by atoms with van der Waals surface area (Å²) in [5.74, 6) is -1.48. The van der Waals surface area contributed by atoms with Crippen molar-refractivity contribution < 1.29 is 22.8 Å². The zero-order valence-electron chi connectivity index (χ0n) is 9.16. The van der Waals surface area contributed by atoms with Gasteiger partial charge in [0.05, 0.1) is 13.1 Å². The summed E-state index contributed by atoms with van der Waals surface area (Å²) < 4.78 is 37.7. The fourth-order valence-electron chi connectivity index (χ4n) is 1.51. The zero-order chi connectivity index (χ0) is 14.2. The van der Waals surface area contributed by atoms with E-state index in [0.29, 0.717) is 6.07 Å². The summed E-state index contributed by atoms with van der Waals surface area (Å²) in [6.07, 6.45) is -4.69. The first-order valence-corrected chi connectivity index (χ1v) is 5.33. The molecule has 2 rings (SSSR count). The lowest BCUT2D eigenvalue weighted by Gasteiger charge is -2.26. The lowest BCUT2D eigenvalue weighted by Crippen LogP contribution is -2.51. The quantitative estimate of drug-likeness (QED) is 0.607. The van der Waals surface area contributed by atoms with Crippen LogP contribution in [0.4, 0.5) is 19.0 Å². The molecule has 102 valence electrons. The van der Waals surface area contributed by atoms with E-state index in [1.54, 1.807) is 0 Å². The van der Waals surface area contributed by atoms with E-state index in [2.05, 4.69) is 9.97 Å². The van der Waals surface area contributed by atoms with E-state index in [9.17, 15) is 22.8 Å². The molecule has 10 heteroatoms. The molecular weight excluding hydrogens is 289 g/mol. The molecular formula is C9H6ClF3N4O2. The van der Waals surface area contributed by atoms with Gasteiger partial charge in [0.1, 0.15) is 5.82 Å². The normalized spacial score (nSPS) is 16.5. The van der Waals surface area contributed by atoms with Crippen molar-refractivity contribution in [2.75, 3.05) is 18.0 Å². The van der Waals surface area contributed by atoms with Crippen LogP contribution in [-0.2, 0) is 15.8 Å². The summed E-state index contributed by atoms with van der Waals surface area (Å²) in [6.45, 7) is -0.563. The predicted octanol–water partition coefficient (Wildman–Crippen LogP) is 0.612. The Kier molecular flexibility index (Phi) is 3.31. The Labute approximate surface area is 109 Å². The van der Waals surface area contributed by atoms with Gasteiger partial charge in [-0.2, -0.15) is 13.2 Å². The minimum atomic E-state index is -4.69. The Balaban J connectivity index is 2.37. The molecule has 0 spiro atoms. The number of nitrogens with one attached hydrogen (secondary N) is 1. The van der Waals surface area contributed by atoms with E-state index in [0.717, 1.165) is 4.90 Å². The maximum Gasteiger partial charge on any atom is 0.433 e. The first-order valence-electron chi connectivity index (χ1n) is 4.95. The molecule has 0 unspecified atom stereocenters. The Morgan fingerprint density at radius 3 is 2.32 bits per heavy atom. The van der Waals surface area contributed by atoms with E-state index in [-0.39, 0.29) is 18.9 Å². The molecule has 0 saturated carbocycles. The van der Waals surface area contributed by atoms with Gasteiger partial charge in [0.15, 0.2) is 5.69 Å². The van der Waals surface area contributed by atoms with Crippen molar-refractivity contribution in [3.05, 3.63) is 17.0 Å². The molecule has 1 N–H and O–H groups in total. The number of hydrogen-bond acceptors (Lipinski definition) is 5. The van der Waals surface area contributed by atoms with Gasteiger partial charge in [-0.3, -0.25) is 14.9 Å². The Bertz CT molecular complexity index is 533. The van der Waals surface area contributed by atoms with E-state index in [1.807, 2.05) is 5.32 Å². The van der Waals surface area contributed by atoms with Gasteiger partial charge < -0.3 is 4.90 Å². The van der Waals surface area contributed by atoms with Gasteiger partial charge in [-0.15, -0.1) is 0 Å². The number of anilines is 1. The highest BCUT2D eigenvalue weighted by Crippen LogP contribution is 2.30. The van der Waals surface area contributed by atoms with Gasteiger partial charge in [-0.25, -0.2) is 9.97 Å². The van der Waals surface area contributed by atoms with Crippen LogP contribution < -0.4 is 10.2 Å². The Morgan fingerprint density at radius 2 is 1.79 bits per heavy atom. The minimum Gasteiger partial charge on any atom is -0.338 e. The van der Waals surface area contributed by atoms with Crippen LogP contribution in [0.2, 0.25) is 5.28 Å². The average molecular weight is 295 g/mol. The topological polar surface area (TPSA) is 75.2 Å². The van der Waals surface area contributed by atoms with Gasteiger partial charge in [0.25, 0.3) is 0 Å². The van der Waals surface area contributed by atoms with Crippen LogP contribution in [0.15, 0.2) is 6.07 Å². The number of halogens is 4. The molecule has 1 saturated heterocycles. The molecule has 2 amide bonds. The Morgan fingerprint density at radius 1 is 1.21 bits per heavy atom. The van der Waals surface area contributed by atoms with E-state index in [4.69, 9.17) is 11.6 Å². The maximum absolute atomic E-state index is 12.6. The second-order valence-electron chi connectivity index (χ2n) is 3.71. The van der Waals surface area contributed by atoms with Crippen LogP contribution in [-0.4, -0.2) is 34.9 Å². The van der Waals surface area contributed by atoms with Crippen LogP contribution in [0.3, 0.4) is 0 Å². The smallest absolute Gasteiger partial charge is 0.338 e. The molecule has 1 fully saturated rings. The maximum atomic E-state index is 12.6. The van der Waals surface area contributed by atoms with E-state index < -0.39 is 29.0 Å². The lowest BCUT2D eigenvalue weighted by molar-refractivity contribution is -0.141. The molecule has 1 aromatic rings. The first kappa shape index (κ1) is 13.5. The number of imide groups is 1. The molecule has 1 aromatic heterocycles. The number of hydrogen-bond donors (Lipinski definition) is 1. The molecule has 0 bridgehead atoms. The molecule has 0 aromatic carbocycles. The number of amides is 2. The highest BCUT2D eigenvalue weighted by Gasteiger charge is 2.35. The lowest BCUT2D eigenvalue weighted by atomic mass is 10.3. The fourth-order valence-corrected chi connectivity index (χ4v) is 1.69. The van der Waals surface area contributed by atoms with Gasteiger partial charge in [-0.1, -0.05) is 0 Å². The highest BCUT2D eigenvalue weighted by molar-refractivity contribution is 6.28. The largest absolute Gasteiger partial charge is 0.433 e. The molecule has 19 heavy (non-hydrogen) atoms. The summed E-state index contributed by atoms with van der Waals surface area (Å²) >= 11 is 5.41. The molecule has 6 nitrogen and oxygen atoms in total. The number of carbonyl (C=O) groups is 2. The van der Waals surface area contributed by atoms with Crippen molar-refractivity contribution in [3.8, 4) is 0 Å². The van der Waals surface area contributed by atoms with Crippen LogP contribution in [0.1, 0.15) is 5.69 Å². The number of piperazine rings is 1. The first-order chi connectivity index (χ1) is 8.75. The van der Waals surface area contributed by atoms with Gasteiger partial charge in [0, 0.05) is 6.07 Å². The second kappa shape index (κ2) is 4.65. The third kappa shape index (κ3) is 3.11. The monoisotopic (exact) mass is 294 g/mol. The van der Waals surface area contributed by atoms with Gasteiger partial charge >= 0.3 is 6.18 Å². The zero-order valence-corrected chi connectivity index (χ0v) is 9.92. The number of alkyl halides is 3. The molecule has 1 aliphatic heterocycles. The fraction of sp³-hybridized carbons (Fsp3) is 0.333. The second-order valence-corrected chi connectivity index (χ2v) is 4.04. The SMILES string of the molecule is O=C1CN(c2cc(C(F)(F)F)nc(Cl)n2)CC(=O)N1. The number of rotatable bonds is 1. The van der Waals surface area contributed by atoms with E-state index >= 15 is 0 Å². The van der Waals surface area contributed by atoms with Gasteiger partial charge in [-0.05, 0) is 11.6 Å². The van der Waals surface area contributed by atoms with Crippen molar-refractivity contribution in [1.82, 2.24) is 15.3 Å². The minimum absolute atomic E-state index is 0.226. The van der Waals surface area contributed by atoms with Crippen molar-refractivity contribution in [2.24, 2.45) is 0 Å². The summed E-state index contributed by atoms with van der Waals surface area (Å²) in [6, 6.07) is 0.637. The van der Waals surface area contributed by atoms with Crippen LogP contribution >= 0.6 is 11.6 Å². The van der Waals surface area contributed by atoms with Crippen molar-refractivity contribution in [3.63, 3.8) is 0 Å². The third-order valence-corrected chi connectivity index (χ3v) is 2.42. The standard InChI is InChI=1S/C9H6ClF3N4O2/c10-8-14-4(9(11,12)13)1-5(15-8)17-2-6(18)16-7(19)3-17/h1H,2-3H2,(H,16,18,19). The van der Waals surface area contributed by atoms with Gasteiger partial charge in [0.2, 0.25) is 17.1 Å². The predicted molar refractivity (Wildman–Crippen MR) is 57.4 cm³/mol. The number of carbonyl (C=O) groups excluding carboxylic acids is 2. The summed E-state index contributed by atoms with van der Waals surface area (Å²) in [7, 11) is 0. The molecule has 0 radical (unpaired) electrons. The molecule has 1 aliphatic rings. The van der Waals surface area contributed by atoms with Crippen molar-refractivity contribution in [1.29, 1.82) is 0 Å². The van der Waals surface area contributed by atoms with Crippen LogP contribution in [0.5, 0.6) is 0 Å². The third-order valence-electron chi connectivity index (χ3n) is 2.25.